The lowest BCUT2D eigenvalue weighted by Crippen LogP contribution is -2.32. The molecule has 2 aliphatic carbocycles. The van der Waals surface area contributed by atoms with E-state index in [0.29, 0.717) is 27.5 Å². The van der Waals surface area contributed by atoms with Gasteiger partial charge in [-0.2, -0.15) is 5.10 Å². The molecule has 6 rings (SSSR count). The van der Waals surface area contributed by atoms with Crippen LogP contribution in [0.4, 0.5) is 0 Å². The number of hydrogen-bond acceptors (Lipinski definition) is 7. The Balaban J connectivity index is 1.21. The molecule has 3 fully saturated rings. The molecule has 2 aromatic heterocycles. The first-order valence-electron chi connectivity index (χ1n) is 11.2. The number of carbonyl (C=O) groups is 1. The van der Waals surface area contributed by atoms with Crippen LogP contribution in [0, 0.1) is 16.7 Å². The Kier molecular flexibility index (Phi) is 4.68. The van der Waals surface area contributed by atoms with E-state index in [1.165, 1.54) is 18.2 Å². The van der Waals surface area contributed by atoms with Crippen molar-refractivity contribution < 1.29 is 9.21 Å². The normalized spacial score (nSPS) is 29.7. The van der Waals surface area contributed by atoms with Crippen molar-refractivity contribution >= 4 is 56.2 Å². The summed E-state index contributed by atoms with van der Waals surface area (Å²) in [6.07, 6.45) is 5.17. The van der Waals surface area contributed by atoms with Crippen LogP contribution in [0.1, 0.15) is 45.8 Å². The molecule has 2 saturated carbocycles. The van der Waals surface area contributed by atoms with E-state index in [0.717, 1.165) is 33.8 Å². The summed E-state index contributed by atoms with van der Waals surface area (Å²) in [6.45, 7) is 7.00. The summed E-state index contributed by atoms with van der Waals surface area (Å²) in [6, 6.07) is 11.8. The molecule has 2 unspecified atom stereocenters. The predicted octanol–water partition coefficient (Wildman–Crippen LogP) is 6.32. The Morgan fingerprint density at radius 3 is 2.79 bits per heavy atom. The van der Waals surface area contributed by atoms with Gasteiger partial charge in [-0.3, -0.25) is 10.1 Å². The number of fused-ring (bicyclic) bond motifs is 3. The van der Waals surface area contributed by atoms with Gasteiger partial charge in [-0.05, 0) is 66.6 Å². The SMILES string of the molecule is CC12CCC(C/C1=N\N=C1/NC(=O)/C(=C/c3ccc(-c4nc5ccccc5s4)o3)S1)C2(C)C. The number of aromatic nitrogens is 1. The lowest BCUT2D eigenvalue weighted by Gasteiger charge is -2.34. The third-order valence-corrected chi connectivity index (χ3v) is 9.78. The fourth-order valence-electron chi connectivity index (χ4n) is 5.31. The Morgan fingerprint density at radius 2 is 2.03 bits per heavy atom. The van der Waals surface area contributed by atoms with Gasteiger partial charge in [0.25, 0.3) is 5.91 Å². The molecule has 1 saturated heterocycles. The van der Waals surface area contributed by atoms with E-state index in [1.54, 1.807) is 17.4 Å². The number of thioether (sulfide) groups is 1. The number of nitrogens with one attached hydrogen (secondary N) is 1. The summed E-state index contributed by atoms with van der Waals surface area (Å²) >= 11 is 2.88. The van der Waals surface area contributed by atoms with Crippen LogP contribution in [0.15, 0.2) is 55.9 Å². The van der Waals surface area contributed by atoms with E-state index in [-0.39, 0.29) is 16.7 Å². The standard InChI is InChI=1S/C25H24N4O2S2/c1-24(2)14-10-11-25(24,3)20(12-14)28-29-23-27-21(30)19(33-23)13-15-8-9-17(31-15)22-26-16-6-4-5-7-18(16)32-22/h4-9,13-14H,10-12H2,1-3H3,(H,27,29,30)/b19-13-,28-20+. The van der Waals surface area contributed by atoms with Gasteiger partial charge in [0.1, 0.15) is 5.76 Å². The van der Waals surface area contributed by atoms with E-state index in [9.17, 15) is 4.79 Å². The van der Waals surface area contributed by atoms with Crippen molar-refractivity contribution in [3.05, 3.63) is 47.1 Å². The van der Waals surface area contributed by atoms with Crippen LogP contribution in [0.3, 0.4) is 0 Å². The highest BCUT2D eigenvalue weighted by molar-refractivity contribution is 8.18. The van der Waals surface area contributed by atoms with E-state index in [1.807, 2.05) is 36.4 Å². The number of benzene rings is 1. The molecule has 33 heavy (non-hydrogen) atoms. The molecule has 168 valence electrons. The molecule has 1 N–H and O–H groups in total. The quantitative estimate of drug-likeness (QED) is 0.354. The third kappa shape index (κ3) is 3.30. The highest BCUT2D eigenvalue weighted by Crippen LogP contribution is 2.64. The second kappa shape index (κ2) is 7.40. The number of rotatable bonds is 3. The molecule has 3 heterocycles. The molecule has 0 radical (unpaired) electrons. The van der Waals surface area contributed by atoms with Crippen molar-refractivity contribution in [2.24, 2.45) is 27.0 Å². The highest BCUT2D eigenvalue weighted by Gasteiger charge is 2.60. The van der Waals surface area contributed by atoms with Gasteiger partial charge in [0.2, 0.25) is 0 Å². The van der Waals surface area contributed by atoms with Gasteiger partial charge in [0, 0.05) is 17.2 Å². The number of amides is 1. The second-order valence-corrected chi connectivity index (χ2v) is 11.8. The number of nitrogens with zero attached hydrogens (tertiary/aromatic N) is 3. The van der Waals surface area contributed by atoms with Crippen molar-refractivity contribution in [3.63, 3.8) is 0 Å². The largest absolute Gasteiger partial charge is 0.454 e. The van der Waals surface area contributed by atoms with Gasteiger partial charge in [-0.15, -0.1) is 16.4 Å². The molecular formula is C25H24N4O2S2. The van der Waals surface area contributed by atoms with E-state index in [2.05, 4.69) is 41.3 Å². The fraction of sp³-hybridized carbons (Fsp3) is 0.360. The summed E-state index contributed by atoms with van der Waals surface area (Å²) in [5.74, 6) is 1.79. The summed E-state index contributed by atoms with van der Waals surface area (Å²) in [5, 5.41) is 13.2. The molecule has 1 aromatic carbocycles. The van der Waals surface area contributed by atoms with E-state index >= 15 is 0 Å². The average Bonchev–Trinajstić information content (AvgIpc) is 3.57. The van der Waals surface area contributed by atoms with Crippen molar-refractivity contribution in [1.29, 1.82) is 0 Å². The van der Waals surface area contributed by atoms with Crippen LogP contribution in [-0.2, 0) is 4.79 Å². The molecule has 1 amide bonds. The Labute approximate surface area is 200 Å². The molecule has 8 heteroatoms. The minimum Gasteiger partial charge on any atom is -0.454 e. The van der Waals surface area contributed by atoms with Crippen molar-refractivity contribution in [2.45, 2.75) is 40.0 Å². The van der Waals surface area contributed by atoms with Gasteiger partial charge in [0.05, 0.1) is 15.1 Å². The number of carbonyl (C=O) groups excluding carboxylic acids is 1. The number of thiazole rings is 1. The minimum absolute atomic E-state index is 0.0961. The number of hydrogen-bond donors (Lipinski definition) is 1. The van der Waals surface area contributed by atoms with Gasteiger partial charge in [-0.1, -0.05) is 32.9 Å². The highest BCUT2D eigenvalue weighted by atomic mass is 32.2. The van der Waals surface area contributed by atoms with Gasteiger partial charge >= 0.3 is 0 Å². The summed E-state index contributed by atoms with van der Waals surface area (Å²) in [7, 11) is 0. The monoisotopic (exact) mass is 476 g/mol. The first kappa shape index (κ1) is 20.9. The number of furan rings is 1. The van der Waals surface area contributed by atoms with Crippen molar-refractivity contribution in [2.75, 3.05) is 0 Å². The van der Waals surface area contributed by atoms with Gasteiger partial charge in [0.15, 0.2) is 15.9 Å². The predicted molar refractivity (Wildman–Crippen MR) is 135 cm³/mol. The zero-order valence-electron chi connectivity index (χ0n) is 18.7. The smallest absolute Gasteiger partial charge is 0.264 e. The Morgan fingerprint density at radius 1 is 1.18 bits per heavy atom. The minimum atomic E-state index is -0.184. The summed E-state index contributed by atoms with van der Waals surface area (Å²) < 4.78 is 7.08. The maximum atomic E-state index is 12.5. The molecule has 3 aliphatic rings. The van der Waals surface area contributed by atoms with Crippen LogP contribution in [0.5, 0.6) is 0 Å². The summed E-state index contributed by atoms with van der Waals surface area (Å²) in [5.41, 5.74) is 2.47. The third-order valence-electron chi connectivity index (χ3n) is 7.83. The first-order valence-corrected chi connectivity index (χ1v) is 12.8. The maximum absolute atomic E-state index is 12.5. The molecule has 6 nitrogen and oxygen atoms in total. The van der Waals surface area contributed by atoms with Crippen LogP contribution >= 0.6 is 23.1 Å². The van der Waals surface area contributed by atoms with E-state index in [4.69, 9.17) is 4.42 Å². The Hall–Kier alpha value is -2.71. The molecule has 2 bridgehead atoms. The van der Waals surface area contributed by atoms with Crippen LogP contribution in [0.2, 0.25) is 0 Å². The van der Waals surface area contributed by atoms with Crippen LogP contribution in [0.25, 0.3) is 27.1 Å². The van der Waals surface area contributed by atoms with Gasteiger partial charge < -0.3 is 4.42 Å². The fourth-order valence-corrected chi connectivity index (χ4v) is 6.99. The van der Waals surface area contributed by atoms with Gasteiger partial charge in [-0.25, -0.2) is 4.98 Å². The second-order valence-electron chi connectivity index (χ2n) is 9.70. The zero-order valence-corrected chi connectivity index (χ0v) is 20.3. The van der Waals surface area contributed by atoms with Crippen LogP contribution < -0.4 is 5.32 Å². The molecule has 3 aromatic rings. The zero-order chi connectivity index (χ0) is 22.8. The van der Waals surface area contributed by atoms with Crippen molar-refractivity contribution in [3.8, 4) is 10.8 Å². The number of para-hydroxylation sites is 1. The van der Waals surface area contributed by atoms with E-state index < -0.39 is 0 Å². The van der Waals surface area contributed by atoms with Crippen molar-refractivity contribution in [1.82, 2.24) is 10.3 Å². The average molecular weight is 477 g/mol. The molecule has 1 aliphatic heterocycles. The lowest BCUT2D eigenvalue weighted by atomic mass is 9.70. The molecular weight excluding hydrogens is 452 g/mol. The lowest BCUT2D eigenvalue weighted by molar-refractivity contribution is -0.115. The maximum Gasteiger partial charge on any atom is 0.264 e. The van der Waals surface area contributed by atoms with Crippen LogP contribution in [-0.4, -0.2) is 21.8 Å². The molecule has 0 spiro atoms. The number of amidine groups is 1. The summed E-state index contributed by atoms with van der Waals surface area (Å²) in [4.78, 5) is 17.7. The molecule has 2 atom stereocenters. The first-order chi connectivity index (χ1) is 15.8. The Bertz CT molecular complexity index is 1350. The topological polar surface area (TPSA) is 79.9 Å².